The van der Waals surface area contributed by atoms with Gasteiger partial charge in [-0.2, -0.15) is 18.2 Å². The molecule has 0 N–H and O–H groups in total. The normalized spacial score (nSPS) is 15.7. The largest absolute Gasteiger partial charge is 0.416 e. The van der Waals surface area contributed by atoms with Crippen LogP contribution in [0.4, 0.5) is 23.4 Å². The van der Waals surface area contributed by atoms with Crippen LogP contribution in [0.25, 0.3) is 28.0 Å². The molecule has 0 unspecified atom stereocenters. The fourth-order valence-corrected chi connectivity index (χ4v) is 5.74. The van der Waals surface area contributed by atoms with Gasteiger partial charge in [-0.1, -0.05) is 32.0 Å². The Morgan fingerprint density at radius 1 is 1.16 bits per heavy atom. The Morgan fingerprint density at radius 2 is 1.89 bits per heavy atom. The van der Waals surface area contributed by atoms with E-state index in [0.717, 1.165) is 0 Å². The van der Waals surface area contributed by atoms with E-state index in [1.165, 1.54) is 16.7 Å². The quantitative estimate of drug-likeness (QED) is 0.190. The zero-order chi connectivity index (χ0) is 32.1. The van der Waals surface area contributed by atoms with Gasteiger partial charge in [-0.3, -0.25) is 9.78 Å². The highest BCUT2D eigenvalue weighted by Crippen LogP contribution is 2.38. The maximum atomic E-state index is 15.1. The van der Waals surface area contributed by atoms with Crippen molar-refractivity contribution in [3.63, 3.8) is 0 Å². The Labute approximate surface area is 255 Å². The summed E-state index contributed by atoms with van der Waals surface area (Å²) in [5.74, 6) is -1.09. The van der Waals surface area contributed by atoms with Crippen LogP contribution in [0.15, 0.2) is 54.0 Å². The van der Waals surface area contributed by atoms with E-state index in [-0.39, 0.29) is 40.0 Å². The molecular weight excluding hydrogens is 600 g/mol. The highest BCUT2D eigenvalue weighted by molar-refractivity contribution is 6.33. The van der Waals surface area contributed by atoms with Gasteiger partial charge in [-0.15, -0.1) is 0 Å². The molecule has 13 heteroatoms. The molecule has 4 heterocycles. The summed E-state index contributed by atoms with van der Waals surface area (Å²) in [5, 5.41) is 0.183. The van der Waals surface area contributed by atoms with Crippen molar-refractivity contribution in [3.05, 3.63) is 87.3 Å². The molecule has 5 rings (SSSR count). The summed E-state index contributed by atoms with van der Waals surface area (Å²) in [7, 11) is 0. The maximum absolute atomic E-state index is 15.1. The van der Waals surface area contributed by atoms with E-state index in [1.54, 1.807) is 24.1 Å². The number of benzene rings is 1. The van der Waals surface area contributed by atoms with Crippen LogP contribution in [0.1, 0.15) is 43.5 Å². The van der Waals surface area contributed by atoms with Crippen LogP contribution in [0, 0.1) is 12.7 Å². The predicted molar refractivity (Wildman–Crippen MR) is 161 cm³/mol. The van der Waals surface area contributed by atoms with Gasteiger partial charge in [0, 0.05) is 37.4 Å². The molecule has 1 aromatic carbocycles. The molecule has 0 radical (unpaired) electrons. The molecule has 4 aromatic rings. The Bertz CT molecular complexity index is 1860. The highest BCUT2D eigenvalue weighted by atomic mass is 35.5. The number of pyridine rings is 2. The van der Waals surface area contributed by atoms with Crippen LogP contribution in [-0.4, -0.2) is 56.0 Å². The van der Waals surface area contributed by atoms with Gasteiger partial charge in [0.1, 0.15) is 11.6 Å². The lowest BCUT2D eigenvalue weighted by atomic mass is 10.0. The van der Waals surface area contributed by atoms with Crippen molar-refractivity contribution in [1.82, 2.24) is 24.4 Å². The average molecular weight is 629 g/mol. The molecule has 1 saturated heterocycles. The molecule has 3 aromatic heterocycles. The zero-order valence-corrected chi connectivity index (χ0v) is 25.2. The van der Waals surface area contributed by atoms with Crippen molar-refractivity contribution in [2.45, 2.75) is 45.8 Å². The number of nitrogens with zero attached hydrogens (tertiary/aromatic N) is 6. The van der Waals surface area contributed by atoms with Gasteiger partial charge in [0.05, 0.1) is 33.0 Å². The Hall–Kier alpha value is -4.32. The number of carbonyl (C=O) groups is 1. The number of hydrogen-bond acceptors (Lipinski definition) is 6. The van der Waals surface area contributed by atoms with E-state index in [2.05, 4.69) is 21.5 Å². The second kappa shape index (κ2) is 11.6. The third-order valence-electron chi connectivity index (χ3n) is 7.66. The Kier molecular flexibility index (Phi) is 8.23. The first-order chi connectivity index (χ1) is 20.7. The number of aryl methyl sites for hydroxylation is 1. The Morgan fingerprint density at radius 3 is 2.52 bits per heavy atom. The number of alkyl halides is 3. The van der Waals surface area contributed by atoms with Gasteiger partial charge in [0.25, 0.3) is 0 Å². The second-order valence-corrected chi connectivity index (χ2v) is 11.4. The summed E-state index contributed by atoms with van der Waals surface area (Å²) in [5.41, 5.74) is -0.858. The lowest BCUT2D eigenvalue weighted by molar-refractivity contribution is -0.137. The van der Waals surface area contributed by atoms with E-state index in [1.807, 2.05) is 25.7 Å². The molecule has 1 aliphatic heterocycles. The van der Waals surface area contributed by atoms with Gasteiger partial charge in [0.2, 0.25) is 5.91 Å². The highest BCUT2D eigenvalue weighted by Gasteiger charge is 2.33. The summed E-state index contributed by atoms with van der Waals surface area (Å²) < 4.78 is 57.1. The van der Waals surface area contributed by atoms with Crippen molar-refractivity contribution in [2.75, 3.05) is 24.5 Å². The molecule has 0 bridgehead atoms. The summed E-state index contributed by atoms with van der Waals surface area (Å²) in [6.07, 6.45) is -1.89. The average Bonchev–Trinajstić information content (AvgIpc) is 2.96. The zero-order valence-electron chi connectivity index (χ0n) is 24.4. The van der Waals surface area contributed by atoms with E-state index in [9.17, 15) is 22.8 Å². The molecule has 1 amide bonds. The minimum atomic E-state index is -4.74. The van der Waals surface area contributed by atoms with Crippen molar-refractivity contribution in [2.24, 2.45) is 0 Å². The first-order valence-electron chi connectivity index (χ1n) is 13.9. The summed E-state index contributed by atoms with van der Waals surface area (Å²) >= 11 is 6.64. The van der Waals surface area contributed by atoms with Crippen molar-refractivity contribution < 1.29 is 22.4 Å². The van der Waals surface area contributed by atoms with Crippen LogP contribution in [0.5, 0.6) is 0 Å². The number of rotatable bonds is 5. The van der Waals surface area contributed by atoms with Crippen LogP contribution < -0.4 is 10.6 Å². The van der Waals surface area contributed by atoms with Crippen molar-refractivity contribution in [3.8, 4) is 16.9 Å². The van der Waals surface area contributed by atoms with Crippen LogP contribution in [0.3, 0.4) is 0 Å². The minimum Gasteiger partial charge on any atom is -0.350 e. The first-order valence-corrected chi connectivity index (χ1v) is 14.2. The number of aromatic nitrogens is 4. The standard InChI is InChI=1S/C31H29ClF4N6O2/c1-6-24(43)40-11-12-41(18(5)15-40)28-21-14-22(32)26(20-13-19(31(34,35)36)7-8-23(20)33)38-29(21)42(30(44)39-28)27-17(4)9-10-37-25(27)16(2)3/h6-10,13-14,16,18H,1,11-12,15H2,2-5H3/t18-/m0/s1. The van der Waals surface area contributed by atoms with E-state index in [4.69, 9.17) is 11.6 Å². The molecule has 0 saturated carbocycles. The topological polar surface area (TPSA) is 84.2 Å². The minimum absolute atomic E-state index is 0.0195. The van der Waals surface area contributed by atoms with Gasteiger partial charge >= 0.3 is 11.9 Å². The predicted octanol–water partition coefficient (Wildman–Crippen LogP) is 6.31. The van der Waals surface area contributed by atoms with Crippen LogP contribution >= 0.6 is 11.6 Å². The van der Waals surface area contributed by atoms with E-state index < -0.39 is 28.8 Å². The number of halogens is 5. The second-order valence-electron chi connectivity index (χ2n) is 11.0. The fourth-order valence-electron chi connectivity index (χ4n) is 5.48. The maximum Gasteiger partial charge on any atom is 0.416 e. The molecular formula is C31H29ClF4N6O2. The van der Waals surface area contributed by atoms with Gasteiger partial charge in [0.15, 0.2) is 5.65 Å². The molecule has 230 valence electrons. The lowest BCUT2D eigenvalue weighted by Gasteiger charge is -2.40. The molecule has 1 aliphatic rings. The lowest BCUT2D eigenvalue weighted by Crippen LogP contribution is -2.54. The third-order valence-corrected chi connectivity index (χ3v) is 7.95. The number of amides is 1. The van der Waals surface area contributed by atoms with Crippen molar-refractivity contribution >= 4 is 34.4 Å². The molecule has 1 fully saturated rings. The van der Waals surface area contributed by atoms with Gasteiger partial charge < -0.3 is 9.80 Å². The molecule has 0 spiro atoms. The summed E-state index contributed by atoms with van der Waals surface area (Å²) in [6.45, 7) is 12.0. The SMILES string of the molecule is C=CC(=O)N1CCN(c2nc(=O)n(-c3c(C)ccnc3C(C)C)c3nc(-c4cc(C(F)(F)F)ccc4F)c(Cl)cc23)[C@@H](C)C1. The van der Waals surface area contributed by atoms with E-state index >= 15 is 4.39 Å². The number of piperazine rings is 1. The monoisotopic (exact) mass is 628 g/mol. The number of fused-ring (bicyclic) bond motifs is 1. The molecule has 1 atom stereocenters. The number of hydrogen-bond donors (Lipinski definition) is 0. The fraction of sp³-hybridized carbons (Fsp3) is 0.323. The van der Waals surface area contributed by atoms with Gasteiger partial charge in [-0.05, 0) is 61.7 Å². The number of carbonyl (C=O) groups excluding carboxylic acids is 1. The third kappa shape index (κ3) is 5.54. The van der Waals surface area contributed by atoms with Gasteiger partial charge in [-0.25, -0.2) is 18.7 Å². The van der Waals surface area contributed by atoms with Crippen LogP contribution in [-0.2, 0) is 11.0 Å². The van der Waals surface area contributed by atoms with Crippen molar-refractivity contribution in [1.29, 1.82) is 0 Å². The first kappa shape index (κ1) is 31.1. The van der Waals surface area contributed by atoms with E-state index in [0.29, 0.717) is 60.2 Å². The molecule has 44 heavy (non-hydrogen) atoms. The summed E-state index contributed by atoms with van der Waals surface area (Å²) in [4.78, 5) is 43.2. The Balaban J connectivity index is 1.83. The molecule has 8 nitrogen and oxygen atoms in total. The smallest absolute Gasteiger partial charge is 0.350 e. The number of anilines is 1. The summed E-state index contributed by atoms with van der Waals surface area (Å²) in [6, 6.07) is 4.86. The molecule has 0 aliphatic carbocycles. The van der Waals surface area contributed by atoms with Crippen LogP contribution in [0.2, 0.25) is 5.02 Å².